The molecule has 2 heterocycles. The quantitative estimate of drug-likeness (QED) is 0.204. The first-order chi connectivity index (χ1) is 22.2. The van der Waals surface area contributed by atoms with E-state index in [1.165, 1.54) is 0 Å². The summed E-state index contributed by atoms with van der Waals surface area (Å²) in [5, 5.41) is 11.6. The number of furan rings is 1. The molecule has 0 amide bonds. The van der Waals surface area contributed by atoms with Gasteiger partial charge in [-0.25, -0.2) is 15.0 Å². The van der Waals surface area contributed by atoms with E-state index in [-0.39, 0.29) is 0 Å². The van der Waals surface area contributed by atoms with Gasteiger partial charge < -0.3 is 4.42 Å². The molecule has 0 spiro atoms. The van der Waals surface area contributed by atoms with Gasteiger partial charge in [0.25, 0.3) is 0 Å². The van der Waals surface area contributed by atoms with E-state index >= 15 is 0 Å². The highest BCUT2D eigenvalue weighted by Gasteiger charge is 2.17. The molecule has 0 fully saturated rings. The van der Waals surface area contributed by atoms with Crippen LogP contribution in [-0.4, -0.2) is 15.0 Å². The van der Waals surface area contributed by atoms with Crippen LogP contribution in [0.4, 0.5) is 0 Å². The Balaban J connectivity index is 1.27. The molecule has 8 aromatic rings. The number of fused-ring (bicyclic) bond motifs is 3. The minimum absolute atomic E-state index is 0.496. The number of rotatable bonds is 5. The lowest BCUT2D eigenvalue weighted by molar-refractivity contribution is 0.669. The van der Waals surface area contributed by atoms with Gasteiger partial charge in [-0.05, 0) is 52.6 Å². The van der Waals surface area contributed by atoms with E-state index in [0.717, 1.165) is 60.9 Å². The van der Waals surface area contributed by atoms with Crippen LogP contribution in [0.5, 0.6) is 0 Å². The van der Waals surface area contributed by atoms with Gasteiger partial charge in [-0.3, -0.25) is 0 Å². The van der Waals surface area contributed by atoms with Crippen LogP contribution in [0.25, 0.3) is 78.4 Å². The molecule has 0 aliphatic rings. The summed E-state index contributed by atoms with van der Waals surface area (Å²) >= 11 is 0. The summed E-state index contributed by atoms with van der Waals surface area (Å²) < 4.78 is 6.38. The molecule has 2 aromatic heterocycles. The maximum atomic E-state index is 9.53. The van der Waals surface area contributed by atoms with Crippen LogP contribution in [0.3, 0.4) is 0 Å². The van der Waals surface area contributed by atoms with E-state index in [2.05, 4.69) is 54.6 Å². The fourth-order valence-electron chi connectivity index (χ4n) is 5.76. The van der Waals surface area contributed by atoms with Gasteiger partial charge in [-0.2, -0.15) is 5.26 Å². The Kier molecular flexibility index (Phi) is 6.44. The minimum atomic E-state index is 0.496. The Labute approximate surface area is 259 Å². The van der Waals surface area contributed by atoms with Gasteiger partial charge in [0.1, 0.15) is 11.2 Å². The van der Waals surface area contributed by atoms with Crippen LogP contribution in [-0.2, 0) is 0 Å². The molecule has 0 aliphatic heterocycles. The zero-order chi connectivity index (χ0) is 30.2. The predicted octanol–water partition coefficient (Wildman–Crippen LogP) is 9.98. The summed E-state index contributed by atoms with van der Waals surface area (Å²) in [5.41, 5.74) is 9.07. The smallest absolute Gasteiger partial charge is 0.164 e. The van der Waals surface area contributed by atoms with E-state index in [9.17, 15) is 5.26 Å². The lowest BCUT2D eigenvalue weighted by Crippen LogP contribution is -2.00. The van der Waals surface area contributed by atoms with Crippen molar-refractivity contribution in [3.8, 4) is 62.5 Å². The Morgan fingerprint density at radius 2 is 1.00 bits per heavy atom. The Morgan fingerprint density at radius 3 is 1.71 bits per heavy atom. The summed E-state index contributed by atoms with van der Waals surface area (Å²) in [6.45, 7) is 0. The van der Waals surface area contributed by atoms with Crippen molar-refractivity contribution < 1.29 is 4.42 Å². The van der Waals surface area contributed by atoms with E-state index in [1.54, 1.807) is 12.1 Å². The normalized spacial score (nSPS) is 11.1. The second-order valence-electron chi connectivity index (χ2n) is 10.8. The largest absolute Gasteiger partial charge is 0.456 e. The zero-order valence-electron chi connectivity index (χ0n) is 24.1. The third-order valence-corrected chi connectivity index (χ3v) is 7.98. The highest BCUT2D eigenvalue weighted by atomic mass is 16.3. The molecule has 0 saturated heterocycles. The van der Waals surface area contributed by atoms with Gasteiger partial charge in [-0.15, -0.1) is 0 Å². The maximum Gasteiger partial charge on any atom is 0.164 e. The van der Waals surface area contributed by atoms with Crippen LogP contribution in [0.2, 0.25) is 0 Å². The fraction of sp³-hybridized carbons (Fsp3) is 0. The third-order valence-electron chi connectivity index (χ3n) is 7.98. The molecule has 5 heteroatoms. The molecule has 45 heavy (non-hydrogen) atoms. The van der Waals surface area contributed by atoms with E-state index in [1.807, 2.05) is 84.9 Å². The molecule has 8 rings (SSSR count). The summed E-state index contributed by atoms with van der Waals surface area (Å²) in [5.74, 6) is 1.57. The van der Waals surface area contributed by atoms with Gasteiger partial charge in [-0.1, -0.05) is 115 Å². The molecule has 0 radical (unpaired) electrons. The first kappa shape index (κ1) is 26.3. The van der Waals surface area contributed by atoms with Gasteiger partial charge in [0.05, 0.1) is 11.6 Å². The molecule has 0 atom stereocenters. The summed E-state index contributed by atoms with van der Waals surface area (Å²) in [4.78, 5) is 14.7. The predicted molar refractivity (Wildman–Crippen MR) is 179 cm³/mol. The Bertz CT molecular complexity index is 2370. The average molecular weight is 577 g/mol. The van der Waals surface area contributed by atoms with Crippen LogP contribution in [0.1, 0.15) is 5.56 Å². The molecule has 0 unspecified atom stereocenters. The standard InChI is InChI=1S/C40H24N4O/c41-25-26-9-7-14-31(23-26)39-42-38(30-19-17-28(18-20-30)27-10-3-1-4-11-27)43-40(44-39)32-21-22-34-36(24-32)45-35-16-8-15-33(37(34)35)29-12-5-2-6-13-29/h1-24H. The van der Waals surface area contributed by atoms with E-state index < -0.39 is 0 Å². The van der Waals surface area contributed by atoms with Crippen LogP contribution < -0.4 is 0 Å². The van der Waals surface area contributed by atoms with Crippen molar-refractivity contribution in [1.82, 2.24) is 15.0 Å². The number of hydrogen-bond donors (Lipinski definition) is 0. The Hall–Kier alpha value is -6.38. The second kappa shape index (κ2) is 11.0. The van der Waals surface area contributed by atoms with Crippen molar-refractivity contribution in [2.45, 2.75) is 0 Å². The van der Waals surface area contributed by atoms with Crippen LogP contribution >= 0.6 is 0 Å². The number of nitriles is 1. The van der Waals surface area contributed by atoms with Crippen LogP contribution in [0.15, 0.2) is 150 Å². The van der Waals surface area contributed by atoms with Gasteiger partial charge in [0, 0.05) is 27.5 Å². The van der Waals surface area contributed by atoms with Crippen molar-refractivity contribution in [3.63, 3.8) is 0 Å². The van der Waals surface area contributed by atoms with Gasteiger partial charge in [0.2, 0.25) is 0 Å². The third kappa shape index (κ3) is 4.91. The van der Waals surface area contributed by atoms with E-state index in [0.29, 0.717) is 23.0 Å². The topological polar surface area (TPSA) is 75.6 Å². The fourth-order valence-corrected chi connectivity index (χ4v) is 5.76. The molecule has 6 aromatic carbocycles. The van der Waals surface area contributed by atoms with Crippen LogP contribution in [0, 0.1) is 11.3 Å². The molecular weight excluding hydrogens is 552 g/mol. The minimum Gasteiger partial charge on any atom is -0.456 e. The average Bonchev–Trinajstić information content (AvgIpc) is 3.50. The van der Waals surface area contributed by atoms with Gasteiger partial charge >= 0.3 is 0 Å². The van der Waals surface area contributed by atoms with Crippen molar-refractivity contribution >= 4 is 21.9 Å². The molecule has 210 valence electrons. The number of nitrogens with zero attached hydrogens (tertiary/aromatic N) is 4. The SMILES string of the molecule is N#Cc1cccc(-c2nc(-c3ccc(-c4ccccc4)cc3)nc(-c3ccc4c(c3)oc3cccc(-c5ccccc5)c34)n2)c1. The highest BCUT2D eigenvalue weighted by Crippen LogP contribution is 2.38. The molecule has 0 aliphatic carbocycles. The van der Waals surface area contributed by atoms with E-state index in [4.69, 9.17) is 19.4 Å². The highest BCUT2D eigenvalue weighted by molar-refractivity contribution is 6.12. The summed E-state index contributed by atoms with van der Waals surface area (Å²) in [7, 11) is 0. The molecule has 0 saturated carbocycles. The second-order valence-corrected chi connectivity index (χ2v) is 10.8. The lowest BCUT2D eigenvalue weighted by atomic mass is 9.99. The van der Waals surface area contributed by atoms with Gasteiger partial charge in [0.15, 0.2) is 17.5 Å². The van der Waals surface area contributed by atoms with Crippen molar-refractivity contribution in [1.29, 1.82) is 5.26 Å². The molecule has 0 bridgehead atoms. The molecular formula is C40H24N4O. The summed E-state index contributed by atoms with van der Waals surface area (Å²) in [6.07, 6.45) is 0. The Morgan fingerprint density at radius 1 is 0.444 bits per heavy atom. The number of benzene rings is 6. The number of aromatic nitrogens is 3. The monoisotopic (exact) mass is 576 g/mol. The molecule has 0 N–H and O–H groups in total. The zero-order valence-corrected chi connectivity index (χ0v) is 24.1. The van der Waals surface area contributed by atoms with Crippen molar-refractivity contribution in [2.75, 3.05) is 0 Å². The van der Waals surface area contributed by atoms with Crippen molar-refractivity contribution in [3.05, 3.63) is 151 Å². The molecule has 5 nitrogen and oxygen atoms in total. The number of hydrogen-bond acceptors (Lipinski definition) is 5. The maximum absolute atomic E-state index is 9.53. The lowest BCUT2D eigenvalue weighted by Gasteiger charge is -2.09. The van der Waals surface area contributed by atoms with Crippen molar-refractivity contribution in [2.24, 2.45) is 0 Å². The summed E-state index contributed by atoms with van der Waals surface area (Å²) in [6, 6.07) is 50.6. The first-order valence-corrected chi connectivity index (χ1v) is 14.7. The first-order valence-electron chi connectivity index (χ1n) is 14.7.